The Labute approximate surface area is 129 Å². The van der Waals surface area contributed by atoms with Crippen molar-refractivity contribution >= 4 is 11.9 Å². The molecule has 4 fully saturated rings. The number of carbonyl (C=O) groups is 2. The van der Waals surface area contributed by atoms with Crippen LogP contribution < -0.4 is 5.32 Å². The number of esters is 1. The zero-order valence-electron chi connectivity index (χ0n) is 12.8. The van der Waals surface area contributed by atoms with Crippen LogP contribution in [-0.4, -0.2) is 45.4 Å². The summed E-state index contributed by atoms with van der Waals surface area (Å²) in [7, 11) is 0. The Bertz CT molecular complexity index is 535. The number of rotatable bonds is 4. The van der Waals surface area contributed by atoms with E-state index in [1.807, 2.05) is 6.92 Å². The first-order chi connectivity index (χ1) is 10.2. The van der Waals surface area contributed by atoms with E-state index in [0.29, 0.717) is 32.1 Å². The standard InChI is InChI=1S/C16H23NO5/c1-3-12(18)17-7-13(19)22-16-6-11-4-14(20,9-16)8-15(21,5-11)10(16)2/h3,10-11,20-21H,1,4-9H2,2H3,(H,17,18). The second-order valence-electron chi connectivity index (χ2n) is 7.34. The fraction of sp³-hybridized carbons (Fsp3) is 0.750. The van der Waals surface area contributed by atoms with Crippen molar-refractivity contribution in [2.75, 3.05) is 6.54 Å². The second-order valence-corrected chi connectivity index (χ2v) is 7.34. The van der Waals surface area contributed by atoms with Crippen LogP contribution in [0.25, 0.3) is 0 Å². The average Bonchev–Trinajstić information content (AvgIpc) is 2.40. The van der Waals surface area contributed by atoms with E-state index in [1.54, 1.807) is 0 Å². The van der Waals surface area contributed by atoms with E-state index in [4.69, 9.17) is 4.74 Å². The van der Waals surface area contributed by atoms with Crippen LogP contribution in [0.15, 0.2) is 12.7 Å². The van der Waals surface area contributed by atoms with Gasteiger partial charge in [0.2, 0.25) is 5.91 Å². The van der Waals surface area contributed by atoms with E-state index in [0.717, 1.165) is 6.08 Å². The summed E-state index contributed by atoms with van der Waals surface area (Å²) < 4.78 is 5.68. The zero-order chi connectivity index (χ0) is 16.2. The van der Waals surface area contributed by atoms with Crippen LogP contribution in [-0.2, 0) is 14.3 Å². The first kappa shape index (κ1) is 15.5. The molecule has 4 aliphatic rings. The summed E-state index contributed by atoms with van der Waals surface area (Å²) in [5.41, 5.74) is -2.76. The number of hydrogen-bond acceptors (Lipinski definition) is 5. The van der Waals surface area contributed by atoms with Gasteiger partial charge in [0.25, 0.3) is 0 Å². The number of nitrogens with one attached hydrogen (secondary N) is 1. The third-order valence-electron chi connectivity index (χ3n) is 5.71. The fourth-order valence-electron chi connectivity index (χ4n) is 5.03. The molecule has 0 aromatic heterocycles. The second kappa shape index (κ2) is 4.80. The molecule has 0 radical (unpaired) electrons. The number of aliphatic hydroxyl groups is 2. The molecule has 0 aromatic carbocycles. The first-order valence-corrected chi connectivity index (χ1v) is 7.77. The van der Waals surface area contributed by atoms with E-state index in [1.165, 1.54) is 0 Å². The van der Waals surface area contributed by atoms with Crippen molar-refractivity contribution in [2.24, 2.45) is 11.8 Å². The van der Waals surface area contributed by atoms with Gasteiger partial charge in [0.05, 0.1) is 11.2 Å². The van der Waals surface area contributed by atoms with Gasteiger partial charge < -0.3 is 20.3 Å². The van der Waals surface area contributed by atoms with Crippen molar-refractivity contribution in [2.45, 2.75) is 55.8 Å². The van der Waals surface area contributed by atoms with Gasteiger partial charge in [0.15, 0.2) is 0 Å². The van der Waals surface area contributed by atoms with E-state index in [9.17, 15) is 19.8 Å². The van der Waals surface area contributed by atoms with Crippen LogP contribution in [0.1, 0.15) is 39.0 Å². The Morgan fingerprint density at radius 3 is 2.68 bits per heavy atom. The highest BCUT2D eigenvalue weighted by atomic mass is 16.6. The summed E-state index contributed by atoms with van der Waals surface area (Å²) in [6, 6.07) is 0. The molecular weight excluding hydrogens is 286 g/mol. The molecule has 4 rings (SSSR count). The van der Waals surface area contributed by atoms with Crippen LogP contribution >= 0.6 is 0 Å². The number of carbonyl (C=O) groups excluding carboxylic acids is 2. The van der Waals surface area contributed by atoms with Gasteiger partial charge in [-0.1, -0.05) is 13.5 Å². The van der Waals surface area contributed by atoms with Crippen molar-refractivity contribution in [3.05, 3.63) is 12.7 Å². The number of amides is 1. The molecule has 6 heteroatoms. The normalized spacial score (nSPS) is 45.4. The molecule has 0 aromatic rings. The van der Waals surface area contributed by atoms with Gasteiger partial charge in [-0.25, -0.2) is 0 Å². The molecule has 0 aliphatic heterocycles. The Kier molecular flexibility index (Phi) is 3.38. The van der Waals surface area contributed by atoms with Crippen molar-refractivity contribution in [3.8, 4) is 0 Å². The molecular formula is C16H23NO5. The molecule has 5 unspecified atom stereocenters. The van der Waals surface area contributed by atoms with Gasteiger partial charge in [0, 0.05) is 18.8 Å². The largest absolute Gasteiger partial charge is 0.457 e. The SMILES string of the molecule is C=CC(=O)NCC(=O)OC12CC3CC(O)(CC(O)(C3)C1C)C2. The molecule has 4 aliphatic carbocycles. The van der Waals surface area contributed by atoms with E-state index in [-0.39, 0.29) is 18.4 Å². The highest BCUT2D eigenvalue weighted by Gasteiger charge is 2.68. The van der Waals surface area contributed by atoms with Crippen molar-refractivity contribution < 1.29 is 24.5 Å². The minimum absolute atomic E-state index is 0.171. The number of ether oxygens (including phenoxy) is 1. The molecule has 4 bridgehead atoms. The Morgan fingerprint density at radius 2 is 2.05 bits per heavy atom. The summed E-state index contributed by atoms with van der Waals surface area (Å²) in [6.07, 6.45) is 3.79. The van der Waals surface area contributed by atoms with Gasteiger partial charge in [-0.3, -0.25) is 9.59 Å². The third kappa shape index (κ3) is 2.34. The van der Waals surface area contributed by atoms with Crippen LogP contribution in [0.4, 0.5) is 0 Å². The molecule has 6 nitrogen and oxygen atoms in total. The molecule has 1 amide bonds. The Balaban J connectivity index is 1.76. The lowest BCUT2D eigenvalue weighted by atomic mass is 9.46. The lowest BCUT2D eigenvalue weighted by Gasteiger charge is -2.65. The van der Waals surface area contributed by atoms with E-state index < -0.39 is 28.7 Å². The average molecular weight is 309 g/mol. The zero-order valence-corrected chi connectivity index (χ0v) is 12.8. The van der Waals surface area contributed by atoms with Gasteiger partial charge in [-0.15, -0.1) is 0 Å². The van der Waals surface area contributed by atoms with Gasteiger partial charge in [0.1, 0.15) is 12.1 Å². The Hall–Kier alpha value is -1.40. The van der Waals surface area contributed by atoms with Gasteiger partial charge >= 0.3 is 5.97 Å². The quantitative estimate of drug-likeness (QED) is 0.512. The minimum atomic E-state index is -0.973. The lowest BCUT2D eigenvalue weighted by Crippen LogP contribution is -2.71. The Morgan fingerprint density at radius 1 is 1.32 bits per heavy atom. The molecule has 122 valence electrons. The monoisotopic (exact) mass is 309 g/mol. The van der Waals surface area contributed by atoms with Crippen LogP contribution in [0.2, 0.25) is 0 Å². The lowest BCUT2D eigenvalue weighted by molar-refractivity contribution is -0.289. The summed E-state index contributed by atoms with van der Waals surface area (Å²) in [6.45, 7) is 4.97. The highest BCUT2D eigenvalue weighted by molar-refractivity contribution is 5.89. The van der Waals surface area contributed by atoms with Gasteiger partial charge in [-0.2, -0.15) is 0 Å². The third-order valence-corrected chi connectivity index (χ3v) is 5.71. The highest BCUT2D eigenvalue weighted by Crippen LogP contribution is 2.62. The minimum Gasteiger partial charge on any atom is -0.457 e. The maximum Gasteiger partial charge on any atom is 0.325 e. The summed E-state index contributed by atoms with van der Waals surface area (Å²) in [4.78, 5) is 23.2. The molecule has 22 heavy (non-hydrogen) atoms. The maximum absolute atomic E-state index is 12.1. The summed E-state index contributed by atoms with van der Waals surface area (Å²) >= 11 is 0. The fourth-order valence-corrected chi connectivity index (χ4v) is 5.03. The summed E-state index contributed by atoms with van der Waals surface area (Å²) in [5.74, 6) is -1.04. The molecule has 0 spiro atoms. The van der Waals surface area contributed by atoms with Crippen molar-refractivity contribution in [1.29, 1.82) is 0 Å². The summed E-state index contributed by atoms with van der Waals surface area (Å²) in [5, 5.41) is 23.9. The molecule has 3 N–H and O–H groups in total. The van der Waals surface area contributed by atoms with Crippen LogP contribution in [0.3, 0.4) is 0 Å². The predicted molar refractivity (Wildman–Crippen MR) is 77.7 cm³/mol. The topological polar surface area (TPSA) is 95.9 Å². The van der Waals surface area contributed by atoms with E-state index >= 15 is 0 Å². The van der Waals surface area contributed by atoms with Crippen molar-refractivity contribution in [1.82, 2.24) is 5.32 Å². The molecule has 0 heterocycles. The van der Waals surface area contributed by atoms with Crippen LogP contribution in [0, 0.1) is 11.8 Å². The van der Waals surface area contributed by atoms with E-state index in [2.05, 4.69) is 11.9 Å². The molecule has 0 saturated heterocycles. The number of hydrogen-bond donors (Lipinski definition) is 3. The predicted octanol–water partition coefficient (Wildman–Crippen LogP) is 0.276. The maximum atomic E-state index is 12.1. The molecule has 4 saturated carbocycles. The van der Waals surface area contributed by atoms with Crippen LogP contribution in [0.5, 0.6) is 0 Å². The van der Waals surface area contributed by atoms with Gasteiger partial charge in [-0.05, 0) is 31.3 Å². The first-order valence-electron chi connectivity index (χ1n) is 7.77. The molecule has 5 atom stereocenters. The smallest absolute Gasteiger partial charge is 0.325 e. The van der Waals surface area contributed by atoms with Crippen molar-refractivity contribution in [3.63, 3.8) is 0 Å².